The molecule has 2 aromatic carbocycles. The molecule has 3 aromatic rings. The molecule has 1 aliphatic rings. The Labute approximate surface area is 203 Å². The molecule has 2 heterocycles. The molecule has 2 amide bonds. The molecule has 2 atom stereocenters. The Balaban J connectivity index is 1.60. The molecule has 1 N–H and O–H groups in total. The molecule has 0 unspecified atom stereocenters. The molecular weight excluding hydrogens is 452 g/mol. The van der Waals surface area contributed by atoms with Crippen molar-refractivity contribution in [2.24, 2.45) is 0 Å². The lowest BCUT2D eigenvalue weighted by Gasteiger charge is -2.41. The minimum Gasteiger partial charge on any atom is -0.383 e. The van der Waals surface area contributed by atoms with Crippen LogP contribution in [-0.4, -0.2) is 49.8 Å². The van der Waals surface area contributed by atoms with Crippen LogP contribution in [0, 0.1) is 0 Å². The number of carbonyl (C=O) groups is 2. The lowest BCUT2D eigenvalue weighted by atomic mass is 9.81. The number of fused-ring (bicyclic) bond motifs is 1. The van der Waals surface area contributed by atoms with Gasteiger partial charge >= 0.3 is 0 Å². The van der Waals surface area contributed by atoms with E-state index in [2.05, 4.69) is 35.8 Å². The van der Waals surface area contributed by atoms with Crippen molar-refractivity contribution < 1.29 is 14.3 Å². The van der Waals surface area contributed by atoms with E-state index in [9.17, 15) is 9.59 Å². The summed E-state index contributed by atoms with van der Waals surface area (Å²) in [6, 6.07) is 19.5. The van der Waals surface area contributed by atoms with Crippen LogP contribution in [0.2, 0.25) is 0 Å². The van der Waals surface area contributed by atoms with Crippen LogP contribution in [0.25, 0.3) is 0 Å². The van der Waals surface area contributed by atoms with Crippen LogP contribution < -0.4 is 5.32 Å². The van der Waals surface area contributed by atoms with Crippen LogP contribution in [0.4, 0.5) is 0 Å². The molecule has 5 nitrogen and oxygen atoms in total. The van der Waals surface area contributed by atoms with Gasteiger partial charge < -0.3 is 15.0 Å². The summed E-state index contributed by atoms with van der Waals surface area (Å²) in [5, 5.41) is 5.13. The lowest BCUT2D eigenvalue weighted by molar-refractivity contribution is -0.124. The molecule has 172 valence electrons. The normalized spacial score (nSPS) is 17.6. The van der Waals surface area contributed by atoms with Crippen LogP contribution in [0.1, 0.15) is 38.3 Å². The number of carbonyl (C=O) groups excluding carboxylic acids is 2. The molecule has 0 spiro atoms. The van der Waals surface area contributed by atoms with Crippen LogP contribution in [0.5, 0.6) is 0 Å². The summed E-state index contributed by atoms with van der Waals surface area (Å²) >= 11 is 3.29. The SMILES string of the molecule is COCCN1C(=O)c2ccccc2[C@H](C(=O)NCCc2ccc(SC)cc2)[C@H]1c1cccs1. The van der Waals surface area contributed by atoms with Gasteiger partial charge in [0.15, 0.2) is 0 Å². The molecule has 1 aliphatic heterocycles. The maximum Gasteiger partial charge on any atom is 0.254 e. The summed E-state index contributed by atoms with van der Waals surface area (Å²) in [4.78, 5) is 31.0. The summed E-state index contributed by atoms with van der Waals surface area (Å²) in [6.45, 7) is 1.38. The zero-order chi connectivity index (χ0) is 23.2. The predicted octanol–water partition coefficient (Wildman–Crippen LogP) is 4.76. The number of amides is 2. The number of hydrogen-bond acceptors (Lipinski definition) is 5. The third-order valence-corrected chi connectivity index (χ3v) is 7.65. The zero-order valence-corrected chi connectivity index (χ0v) is 20.5. The molecule has 0 fully saturated rings. The van der Waals surface area contributed by atoms with E-state index in [0.29, 0.717) is 25.3 Å². The highest BCUT2D eigenvalue weighted by Crippen LogP contribution is 2.44. The number of thiophene rings is 1. The fraction of sp³-hybridized carbons (Fsp3) is 0.308. The molecule has 7 heteroatoms. The van der Waals surface area contributed by atoms with Crippen LogP contribution in [0.15, 0.2) is 70.9 Å². The number of rotatable bonds is 9. The fourth-order valence-corrected chi connectivity index (χ4v) is 5.60. The Hall–Kier alpha value is -2.61. The minimum atomic E-state index is -0.478. The first kappa shape index (κ1) is 23.5. The van der Waals surface area contributed by atoms with Gasteiger partial charge in [0.25, 0.3) is 5.91 Å². The number of thioether (sulfide) groups is 1. The number of benzene rings is 2. The van der Waals surface area contributed by atoms with Gasteiger partial charge in [0.05, 0.1) is 18.6 Å². The third-order valence-electron chi connectivity index (χ3n) is 5.96. The van der Waals surface area contributed by atoms with Crippen LogP contribution in [0.3, 0.4) is 0 Å². The van der Waals surface area contributed by atoms with Gasteiger partial charge in [-0.2, -0.15) is 0 Å². The Morgan fingerprint density at radius 2 is 1.91 bits per heavy atom. The van der Waals surface area contributed by atoms with Crippen molar-refractivity contribution in [2.45, 2.75) is 23.3 Å². The second kappa shape index (κ2) is 11.0. The average Bonchev–Trinajstić information content (AvgIpc) is 3.38. The van der Waals surface area contributed by atoms with E-state index in [-0.39, 0.29) is 17.9 Å². The molecule has 33 heavy (non-hydrogen) atoms. The Kier molecular flexibility index (Phi) is 7.85. The monoisotopic (exact) mass is 480 g/mol. The van der Waals surface area contributed by atoms with Crippen molar-refractivity contribution in [1.29, 1.82) is 0 Å². The maximum atomic E-state index is 13.6. The Morgan fingerprint density at radius 1 is 1.12 bits per heavy atom. The van der Waals surface area contributed by atoms with Gasteiger partial charge in [-0.3, -0.25) is 9.59 Å². The highest BCUT2D eigenvalue weighted by molar-refractivity contribution is 7.98. The topological polar surface area (TPSA) is 58.6 Å². The largest absolute Gasteiger partial charge is 0.383 e. The summed E-state index contributed by atoms with van der Waals surface area (Å²) in [5.41, 5.74) is 2.56. The molecular formula is C26H28N2O3S2. The Bertz CT molecular complexity index is 1080. The van der Waals surface area contributed by atoms with Crippen molar-refractivity contribution in [3.8, 4) is 0 Å². The second-order valence-electron chi connectivity index (χ2n) is 7.91. The number of nitrogens with one attached hydrogen (secondary N) is 1. The molecule has 0 saturated heterocycles. The van der Waals surface area contributed by atoms with Crippen molar-refractivity contribution >= 4 is 34.9 Å². The van der Waals surface area contributed by atoms with Crippen LogP contribution >= 0.6 is 23.1 Å². The summed E-state index contributed by atoms with van der Waals surface area (Å²) in [6.07, 6.45) is 2.81. The van der Waals surface area contributed by atoms with E-state index in [4.69, 9.17) is 4.74 Å². The first-order valence-corrected chi connectivity index (χ1v) is 13.1. The van der Waals surface area contributed by atoms with E-state index in [1.165, 1.54) is 10.5 Å². The fourth-order valence-electron chi connectivity index (χ4n) is 4.32. The summed E-state index contributed by atoms with van der Waals surface area (Å²) < 4.78 is 5.28. The van der Waals surface area contributed by atoms with E-state index in [0.717, 1.165) is 16.9 Å². The quantitative estimate of drug-likeness (QED) is 0.449. The third kappa shape index (κ3) is 5.16. The number of ether oxygens (including phenoxy) is 1. The highest BCUT2D eigenvalue weighted by atomic mass is 32.2. The predicted molar refractivity (Wildman–Crippen MR) is 134 cm³/mol. The van der Waals surface area contributed by atoms with Gasteiger partial charge in [-0.1, -0.05) is 36.4 Å². The molecule has 0 bridgehead atoms. The van der Waals surface area contributed by atoms with Gasteiger partial charge in [0.1, 0.15) is 0 Å². The maximum absolute atomic E-state index is 13.6. The average molecular weight is 481 g/mol. The van der Waals surface area contributed by atoms with Gasteiger partial charge in [0, 0.05) is 35.5 Å². The second-order valence-corrected chi connectivity index (χ2v) is 9.76. The zero-order valence-electron chi connectivity index (χ0n) is 18.8. The van der Waals surface area contributed by atoms with Crippen molar-refractivity contribution in [1.82, 2.24) is 10.2 Å². The van der Waals surface area contributed by atoms with E-state index in [1.54, 1.807) is 35.1 Å². The molecule has 0 aliphatic carbocycles. The summed E-state index contributed by atoms with van der Waals surface area (Å²) in [5.74, 6) is -0.594. The lowest BCUT2D eigenvalue weighted by Crippen LogP contribution is -2.48. The van der Waals surface area contributed by atoms with Gasteiger partial charge in [-0.25, -0.2) is 0 Å². The number of nitrogens with zero attached hydrogens (tertiary/aromatic N) is 1. The van der Waals surface area contributed by atoms with Crippen LogP contribution in [-0.2, 0) is 16.0 Å². The van der Waals surface area contributed by atoms with Gasteiger partial charge in [0.2, 0.25) is 5.91 Å². The molecule has 0 saturated carbocycles. The minimum absolute atomic E-state index is 0.0565. The van der Waals surface area contributed by atoms with Crippen molar-refractivity contribution in [3.05, 3.63) is 87.6 Å². The molecule has 1 aromatic heterocycles. The van der Waals surface area contributed by atoms with E-state index in [1.807, 2.05) is 41.8 Å². The van der Waals surface area contributed by atoms with E-state index < -0.39 is 5.92 Å². The molecule has 4 rings (SSSR count). The van der Waals surface area contributed by atoms with Crippen molar-refractivity contribution in [2.75, 3.05) is 33.1 Å². The number of methoxy groups -OCH3 is 1. The highest BCUT2D eigenvalue weighted by Gasteiger charge is 2.44. The summed E-state index contributed by atoms with van der Waals surface area (Å²) in [7, 11) is 1.62. The van der Waals surface area contributed by atoms with E-state index >= 15 is 0 Å². The first-order valence-electron chi connectivity index (χ1n) is 11.0. The standard InChI is InChI=1S/C26H28N2O3S2/c1-31-16-15-28-24(22-8-5-17-33-22)23(20-6-3-4-7-21(20)26(28)30)25(29)27-14-13-18-9-11-19(32-2)12-10-18/h3-12,17,23-24H,13-16H2,1-2H3,(H,27,29)/t23-,24+/m0/s1. The van der Waals surface area contributed by atoms with Crippen molar-refractivity contribution in [3.63, 3.8) is 0 Å². The van der Waals surface area contributed by atoms with Gasteiger partial charge in [-0.05, 0) is 53.4 Å². The smallest absolute Gasteiger partial charge is 0.254 e. The number of hydrogen-bond donors (Lipinski definition) is 1. The first-order chi connectivity index (χ1) is 16.1. The van der Waals surface area contributed by atoms with Gasteiger partial charge in [-0.15, -0.1) is 23.1 Å². The Morgan fingerprint density at radius 3 is 2.61 bits per heavy atom. The molecule has 0 radical (unpaired) electrons.